The molecule has 0 unspecified atom stereocenters. The van der Waals surface area contributed by atoms with Crippen molar-refractivity contribution < 1.29 is 18.7 Å². The van der Waals surface area contributed by atoms with Crippen LogP contribution in [0.3, 0.4) is 0 Å². The van der Waals surface area contributed by atoms with Gasteiger partial charge in [0.25, 0.3) is 0 Å². The molecule has 0 bridgehead atoms. The van der Waals surface area contributed by atoms with Crippen LogP contribution in [0.1, 0.15) is 25.2 Å². The van der Waals surface area contributed by atoms with Crippen molar-refractivity contribution in [2.24, 2.45) is 0 Å². The van der Waals surface area contributed by atoms with Gasteiger partial charge in [0.15, 0.2) is 11.7 Å². The summed E-state index contributed by atoms with van der Waals surface area (Å²) in [5.74, 6) is 0.873. The molecule has 1 aromatic heterocycles. The molecule has 0 saturated heterocycles. The van der Waals surface area contributed by atoms with Crippen molar-refractivity contribution in [3.05, 3.63) is 41.4 Å². The maximum Gasteiger partial charge on any atom is 0.305 e. The first-order chi connectivity index (χ1) is 12.0. The normalized spacial score (nSPS) is 10.5. The number of benzene rings is 1. The van der Waals surface area contributed by atoms with E-state index in [2.05, 4.69) is 9.72 Å². The van der Waals surface area contributed by atoms with E-state index in [0.717, 1.165) is 5.56 Å². The molecule has 0 N–H and O–H groups in total. The number of nitrogens with zero attached hydrogens (tertiary/aromatic N) is 2. The van der Waals surface area contributed by atoms with Crippen molar-refractivity contribution in [1.29, 1.82) is 0 Å². The molecule has 6 nitrogen and oxygen atoms in total. The van der Waals surface area contributed by atoms with E-state index in [9.17, 15) is 9.59 Å². The Kier molecular flexibility index (Phi) is 7.01. The lowest BCUT2D eigenvalue weighted by molar-refractivity contribution is -0.141. The molecule has 0 radical (unpaired) electrons. The molecule has 0 spiro atoms. The molecule has 0 aliphatic heterocycles. The maximum atomic E-state index is 12.1. The minimum atomic E-state index is -0.268. The average molecular weight is 365 g/mol. The SMILES string of the molecule is COC(=O)CCCN(C)C(=O)CCc1ncc(-c2ccc(Cl)cc2)o1. The molecular weight excluding hydrogens is 344 g/mol. The van der Waals surface area contributed by atoms with Gasteiger partial charge in [0.2, 0.25) is 5.91 Å². The molecule has 134 valence electrons. The highest BCUT2D eigenvalue weighted by Gasteiger charge is 2.12. The van der Waals surface area contributed by atoms with E-state index in [1.165, 1.54) is 7.11 Å². The highest BCUT2D eigenvalue weighted by atomic mass is 35.5. The summed E-state index contributed by atoms with van der Waals surface area (Å²) < 4.78 is 10.3. The summed E-state index contributed by atoms with van der Waals surface area (Å²) in [4.78, 5) is 29.0. The topological polar surface area (TPSA) is 72.6 Å². The van der Waals surface area contributed by atoms with Gasteiger partial charge in [-0.15, -0.1) is 0 Å². The third-order valence-electron chi connectivity index (χ3n) is 3.76. The number of hydrogen-bond acceptors (Lipinski definition) is 5. The number of aryl methyl sites for hydroxylation is 1. The first-order valence-corrected chi connectivity index (χ1v) is 8.39. The van der Waals surface area contributed by atoms with Gasteiger partial charge < -0.3 is 14.1 Å². The lowest BCUT2D eigenvalue weighted by Crippen LogP contribution is -2.28. The molecule has 7 heteroatoms. The molecule has 0 aliphatic carbocycles. The first-order valence-electron chi connectivity index (χ1n) is 8.01. The zero-order valence-electron chi connectivity index (χ0n) is 14.3. The van der Waals surface area contributed by atoms with Crippen LogP contribution in [0, 0.1) is 0 Å². The molecule has 2 aromatic rings. The molecule has 0 fully saturated rings. The van der Waals surface area contributed by atoms with Crippen LogP contribution < -0.4 is 0 Å². The summed E-state index contributed by atoms with van der Waals surface area (Å²) in [6.45, 7) is 0.509. The van der Waals surface area contributed by atoms with Gasteiger partial charge in [-0.05, 0) is 30.7 Å². The van der Waals surface area contributed by atoms with Crippen molar-refractivity contribution >= 4 is 23.5 Å². The van der Waals surface area contributed by atoms with Gasteiger partial charge >= 0.3 is 5.97 Å². The van der Waals surface area contributed by atoms with E-state index in [1.54, 1.807) is 30.3 Å². The van der Waals surface area contributed by atoms with Crippen LogP contribution in [0.4, 0.5) is 0 Å². The van der Waals surface area contributed by atoms with Gasteiger partial charge in [0.05, 0.1) is 13.3 Å². The second kappa shape index (κ2) is 9.22. The molecular formula is C18H21ClN2O4. The zero-order valence-corrected chi connectivity index (χ0v) is 15.1. The highest BCUT2D eigenvalue weighted by Crippen LogP contribution is 2.22. The van der Waals surface area contributed by atoms with E-state index in [0.29, 0.717) is 48.9 Å². The number of aromatic nitrogens is 1. The second-order valence-electron chi connectivity index (χ2n) is 5.62. The third kappa shape index (κ3) is 5.90. The van der Waals surface area contributed by atoms with Crippen LogP contribution in [0.5, 0.6) is 0 Å². The van der Waals surface area contributed by atoms with Crippen LogP contribution in [-0.2, 0) is 20.7 Å². The molecule has 0 aliphatic rings. The quantitative estimate of drug-likeness (QED) is 0.672. The van der Waals surface area contributed by atoms with Crippen molar-refractivity contribution in [2.45, 2.75) is 25.7 Å². The van der Waals surface area contributed by atoms with Crippen molar-refractivity contribution in [3.63, 3.8) is 0 Å². The number of oxazole rings is 1. The van der Waals surface area contributed by atoms with Gasteiger partial charge in [-0.25, -0.2) is 4.98 Å². The summed E-state index contributed by atoms with van der Waals surface area (Å²) in [6, 6.07) is 7.28. The number of halogens is 1. The number of carbonyl (C=O) groups is 2. The van der Waals surface area contributed by atoms with Crippen LogP contribution in [0.25, 0.3) is 11.3 Å². The maximum absolute atomic E-state index is 12.1. The number of esters is 1. The average Bonchev–Trinajstić information content (AvgIpc) is 3.08. The Morgan fingerprint density at radius 1 is 1.24 bits per heavy atom. The Balaban J connectivity index is 1.80. The zero-order chi connectivity index (χ0) is 18.2. The molecule has 1 aromatic carbocycles. The molecule has 1 amide bonds. The smallest absolute Gasteiger partial charge is 0.305 e. The largest absolute Gasteiger partial charge is 0.469 e. The number of ether oxygens (including phenoxy) is 1. The van der Waals surface area contributed by atoms with E-state index in [-0.39, 0.29) is 11.9 Å². The Bertz CT molecular complexity index is 712. The summed E-state index contributed by atoms with van der Waals surface area (Å²) in [7, 11) is 3.07. The number of hydrogen-bond donors (Lipinski definition) is 0. The molecule has 2 rings (SSSR count). The lowest BCUT2D eigenvalue weighted by Gasteiger charge is -2.16. The Hall–Kier alpha value is -2.34. The summed E-state index contributed by atoms with van der Waals surface area (Å²) >= 11 is 5.87. The number of methoxy groups -OCH3 is 1. The Morgan fingerprint density at radius 2 is 1.96 bits per heavy atom. The standard InChI is InChI=1S/C18H21ClN2O4/c1-21(11-3-4-18(23)24-2)17(22)10-9-16-20-12-15(25-16)13-5-7-14(19)8-6-13/h5-8,12H,3-4,9-11H2,1-2H3. The predicted octanol–water partition coefficient (Wildman–Crippen LogP) is 3.34. The molecule has 1 heterocycles. The molecule has 0 saturated carbocycles. The monoisotopic (exact) mass is 364 g/mol. The van der Waals surface area contributed by atoms with Gasteiger partial charge in [-0.2, -0.15) is 0 Å². The summed E-state index contributed by atoms with van der Waals surface area (Å²) in [5.41, 5.74) is 0.884. The van der Waals surface area contributed by atoms with Crippen molar-refractivity contribution in [2.75, 3.05) is 20.7 Å². The van der Waals surface area contributed by atoms with Crippen LogP contribution in [0.2, 0.25) is 5.02 Å². The first kappa shape index (κ1) is 19.0. The minimum Gasteiger partial charge on any atom is -0.469 e. The van der Waals surface area contributed by atoms with E-state index in [1.807, 2.05) is 12.1 Å². The fourth-order valence-corrected chi connectivity index (χ4v) is 2.39. The summed E-state index contributed by atoms with van der Waals surface area (Å²) in [5, 5.41) is 0.657. The Morgan fingerprint density at radius 3 is 2.64 bits per heavy atom. The second-order valence-corrected chi connectivity index (χ2v) is 6.06. The van der Waals surface area contributed by atoms with E-state index < -0.39 is 0 Å². The molecule has 25 heavy (non-hydrogen) atoms. The minimum absolute atomic E-state index is 0.0175. The third-order valence-corrected chi connectivity index (χ3v) is 4.01. The van der Waals surface area contributed by atoms with Crippen LogP contribution >= 0.6 is 11.6 Å². The van der Waals surface area contributed by atoms with Gasteiger partial charge in [-0.1, -0.05) is 11.6 Å². The fourth-order valence-electron chi connectivity index (χ4n) is 2.27. The Labute approximate surface area is 151 Å². The van der Waals surface area contributed by atoms with Gasteiger partial charge in [0.1, 0.15) is 0 Å². The van der Waals surface area contributed by atoms with Crippen LogP contribution in [-0.4, -0.2) is 42.5 Å². The number of rotatable bonds is 8. The highest BCUT2D eigenvalue weighted by molar-refractivity contribution is 6.30. The number of carbonyl (C=O) groups excluding carboxylic acids is 2. The number of amides is 1. The van der Waals surface area contributed by atoms with Gasteiger partial charge in [0, 0.05) is 43.4 Å². The van der Waals surface area contributed by atoms with E-state index in [4.69, 9.17) is 16.0 Å². The van der Waals surface area contributed by atoms with Crippen molar-refractivity contribution in [1.82, 2.24) is 9.88 Å². The molecule has 0 atom stereocenters. The van der Waals surface area contributed by atoms with Gasteiger partial charge in [-0.3, -0.25) is 9.59 Å². The lowest BCUT2D eigenvalue weighted by atomic mass is 10.2. The predicted molar refractivity (Wildman–Crippen MR) is 94.2 cm³/mol. The van der Waals surface area contributed by atoms with Crippen molar-refractivity contribution in [3.8, 4) is 11.3 Å². The van der Waals surface area contributed by atoms with E-state index >= 15 is 0 Å². The summed E-state index contributed by atoms with van der Waals surface area (Å²) in [6.07, 6.45) is 3.25. The fraction of sp³-hybridized carbons (Fsp3) is 0.389. The van der Waals surface area contributed by atoms with Crippen LogP contribution in [0.15, 0.2) is 34.9 Å².